The monoisotopic (exact) mass is 900 g/mol. The van der Waals surface area contributed by atoms with Crippen LogP contribution in [0.4, 0.5) is 0 Å². The number of hydrogen-bond donors (Lipinski definition) is 9. The molecule has 0 amide bonds. The molecule has 9 N–H and O–H groups in total. The van der Waals surface area contributed by atoms with Crippen LogP contribution in [-0.2, 0) is 42.6 Å². The fourth-order valence-corrected chi connectivity index (χ4v) is 14.0. The van der Waals surface area contributed by atoms with Gasteiger partial charge in [-0.25, -0.2) is 0 Å². The standard InChI is InChI=1S/C45H72O18/c1-19-9-14-44(63-38(19)55-6)21(3)45(54)29(62-44)16-26-24-8-7-22-15-23(10-12-42(22,4)25(24)11-13-43(26,45)5)58-41-37(61-40-35(53)33(51)30(48)20(2)57-40)36(32(50)28(17-46)59-41)60-39-34(52)31(49)27(47)18-56-39/h7,19-21,23-41,46-54H,8-18H2,1-6H3. The van der Waals surface area contributed by atoms with Crippen molar-refractivity contribution in [3.8, 4) is 0 Å². The molecule has 0 bridgehead atoms. The Balaban J connectivity index is 0.938. The number of rotatable bonds is 8. The minimum absolute atomic E-state index is 0.141. The van der Waals surface area contributed by atoms with Gasteiger partial charge in [-0.3, -0.25) is 0 Å². The fraction of sp³-hybridized carbons (Fsp3) is 0.956. The molecule has 0 radical (unpaired) electrons. The smallest absolute Gasteiger partial charge is 0.187 e. The van der Waals surface area contributed by atoms with E-state index in [1.807, 2.05) is 0 Å². The number of hydrogen-bond acceptors (Lipinski definition) is 18. The third kappa shape index (κ3) is 7.35. The summed E-state index contributed by atoms with van der Waals surface area (Å²) < 4.78 is 55.7. The lowest BCUT2D eigenvalue weighted by Gasteiger charge is -2.60. The van der Waals surface area contributed by atoms with E-state index in [0.717, 1.165) is 44.9 Å². The first-order valence-corrected chi connectivity index (χ1v) is 23.4. The summed E-state index contributed by atoms with van der Waals surface area (Å²) in [6.07, 6.45) is -12.6. The molecule has 0 aromatic heterocycles. The Labute approximate surface area is 368 Å². The van der Waals surface area contributed by atoms with Crippen molar-refractivity contribution in [2.24, 2.45) is 40.4 Å². The predicted molar refractivity (Wildman–Crippen MR) is 216 cm³/mol. The second-order valence-corrected chi connectivity index (χ2v) is 21.0. The van der Waals surface area contributed by atoms with Gasteiger partial charge < -0.3 is 88.6 Å². The van der Waals surface area contributed by atoms with Crippen LogP contribution in [0.2, 0.25) is 0 Å². The van der Waals surface area contributed by atoms with Crippen molar-refractivity contribution in [2.75, 3.05) is 20.3 Å². The SMILES string of the molecule is COC1OC2(CCC1C)OC1CC3C4CC=C5CC(OC6OC(CO)C(O)C(OC7OCC(O)C(O)C7O)C6OC6OC(C)C(O)C(O)C6O)CCC5(C)C4CCC3(C)C1(O)C2C. The first kappa shape index (κ1) is 47.1. The number of ether oxygens (including phenoxy) is 9. The van der Waals surface area contributed by atoms with Crippen LogP contribution in [0.25, 0.3) is 0 Å². The van der Waals surface area contributed by atoms with Gasteiger partial charge in [0.05, 0.1) is 31.5 Å². The highest BCUT2D eigenvalue weighted by atomic mass is 16.8. The van der Waals surface area contributed by atoms with Crippen molar-refractivity contribution in [3.63, 3.8) is 0 Å². The van der Waals surface area contributed by atoms with Crippen molar-refractivity contribution < 1.29 is 88.6 Å². The third-order valence-electron chi connectivity index (χ3n) is 17.9. The Morgan fingerprint density at radius 3 is 2.19 bits per heavy atom. The summed E-state index contributed by atoms with van der Waals surface area (Å²) >= 11 is 0. The van der Waals surface area contributed by atoms with Gasteiger partial charge in [0.2, 0.25) is 0 Å². The highest BCUT2D eigenvalue weighted by molar-refractivity contribution is 5.29. The van der Waals surface area contributed by atoms with Crippen LogP contribution >= 0.6 is 0 Å². The number of fused-ring (bicyclic) bond motifs is 7. The Morgan fingerprint density at radius 2 is 1.46 bits per heavy atom. The largest absolute Gasteiger partial charge is 0.394 e. The summed E-state index contributed by atoms with van der Waals surface area (Å²) in [7, 11) is 1.67. The maximum atomic E-state index is 12.9. The average molecular weight is 901 g/mol. The van der Waals surface area contributed by atoms with Crippen LogP contribution in [0.15, 0.2) is 11.6 Å². The molecule has 18 nitrogen and oxygen atoms in total. The van der Waals surface area contributed by atoms with Gasteiger partial charge in [-0.05, 0) is 81.5 Å². The quantitative estimate of drug-likeness (QED) is 0.145. The first-order chi connectivity index (χ1) is 29.8. The molecule has 1 spiro atoms. The molecular weight excluding hydrogens is 828 g/mol. The molecule has 4 aliphatic carbocycles. The molecule has 5 aliphatic heterocycles. The second-order valence-electron chi connectivity index (χ2n) is 21.0. The molecule has 9 rings (SSSR count). The topological polar surface area (TPSA) is 265 Å². The van der Waals surface area contributed by atoms with Gasteiger partial charge in [0.25, 0.3) is 0 Å². The number of aliphatic hydroxyl groups excluding tert-OH is 8. The van der Waals surface area contributed by atoms with Crippen molar-refractivity contribution in [1.29, 1.82) is 0 Å². The minimum atomic E-state index is -1.74. The third-order valence-corrected chi connectivity index (χ3v) is 17.9. The van der Waals surface area contributed by atoms with E-state index in [2.05, 4.69) is 33.8 Å². The summed E-state index contributed by atoms with van der Waals surface area (Å²) in [5.41, 5.74) is -0.286. The molecule has 5 saturated heterocycles. The van der Waals surface area contributed by atoms with Crippen LogP contribution in [0, 0.1) is 40.4 Å². The summed E-state index contributed by atoms with van der Waals surface area (Å²) in [6, 6.07) is 0. The Morgan fingerprint density at radius 1 is 0.730 bits per heavy atom. The Kier molecular flexibility index (Phi) is 12.9. The highest BCUT2D eigenvalue weighted by Crippen LogP contribution is 2.72. The molecule has 63 heavy (non-hydrogen) atoms. The molecule has 5 heterocycles. The predicted octanol–water partition coefficient (Wildman–Crippen LogP) is -0.0594. The van der Waals surface area contributed by atoms with Crippen molar-refractivity contribution in [1.82, 2.24) is 0 Å². The summed E-state index contributed by atoms with van der Waals surface area (Å²) in [5.74, 6) is 0.0831. The lowest BCUT2D eigenvalue weighted by Crippen LogP contribution is -2.66. The van der Waals surface area contributed by atoms with Gasteiger partial charge in [-0.2, -0.15) is 0 Å². The Hall–Kier alpha value is -0.980. The number of allylic oxidation sites excluding steroid dienone is 1. The van der Waals surface area contributed by atoms with E-state index in [-0.39, 0.29) is 47.6 Å². The van der Waals surface area contributed by atoms with Gasteiger partial charge in [0.15, 0.2) is 30.9 Å². The van der Waals surface area contributed by atoms with Crippen LogP contribution in [0.5, 0.6) is 0 Å². The molecule has 360 valence electrons. The van der Waals surface area contributed by atoms with Crippen molar-refractivity contribution >= 4 is 0 Å². The van der Waals surface area contributed by atoms with Gasteiger partial charge in [0, 0.05) is 30.8 Å². The van der Waals surface area contributed by atoms with E-state index in [9.17, 15) is 46.0 Å². The molecular formula is C45H72O18. The lowest BCUT2D eigenvalue weighted by atomic mass is 9.46. The zero-order valence-electron chi connectivity index (χ0n) is 37.3. The molecule has 26 unspecified atom stereocenters. The molecule has 3 saturated carbocycles. The maximum Gasteiger partial charge on any atom is 0.187 e. The summed E-state index contributed by atoms with van der Waals surface area (Å²) in [6.45, 7) is 9.30. The van der Waals surface area contributed by atoms with Crippen LogP contribution in [0.1, 0.15) is 92.4 Å². The van der Waals surface area contributed by atoms with Gasteiger partial charge in [0.1, 0.15) is 66.6 Å². The molecule has 0 aromatic carbocycles. The van der Waals surface area contributed by atoms with Crippen LogP contribution < -0.4 is 0 Å². The van der Waals surface area contributed by atoms with E-state index >= 15 is 0 Å². The van der Waals surface area contributed by atoms with Gasteiger partial charge in [-0.15, -0.1) is 0 Å². The molecule has 18 heteroatoms. The molecule has 0 aromatic rings. The fourth-order valence-electron chi connectivity index (χ4n) is 14.0. The Bertz CT molecular complexity index is 1670. The van der Waals surface area contributed by atoms with Gasteiger partial charge in [-0.1, -0.05) is 39.3 Å². The first-order valence-electron chi connectivity index (χ1n) is 23.4. The molecule has 9 aliphatic rings. The minimum Gasteiger partial charge on any atom is -0.394 e. The summed E-state index contributed by atoms with van der Waals surface area (Å²) in [4.78, 5) is 0. The molecule has 26 atom stereocenters. The zero-order chi connectivity index (χ0) is 45.1. The lowest BCUT2D eigenvalue weighted by molar-refractivity contribution is -0.390. The summed E-state index contributed by atoms with van der Waals surface area (Å²) in [5, 5.41) is 98.1. The maximum absolute atomic E-state index is 12.9. The highest BCUT2D eigenvalue weighted by Gasteiger charge is 2.76. The number of aliphatic hydroxyl groups is 9. The normalized spacial score (nSPS) is 58.1. The zero-order valence-corrected chi connectivity index (χ0v) is 37.3. The van der Waals surface area contributed by atoms with E-state index in [0.29, 0.717) is 24.7 Å². The number of methoxy groups -OCH3 is 1. The van der Waals surface area contributed by atoms with E-state index < -0.39 is 110 Å². The molecule has 8 fully saturated rings. The van der Waals surface area contributed by atoms with E-state index in [4.69, 9.17) is 42.6 Å². The average Bonchev–Trinajstić information content (AvgIpc) is 3.62. The van der Waals surface area contributed by atoms with E-state index in [1.54, 1.807) is 7.11 Å². The van der Waals surface area contributed by atoms with Gasteiger partial charge >= 0.3 is 0 Å². The second kappa shape index (κ2) is 17.2. The van der Waals surface area contributed by atoms with Crippen molar-refractivity contribution in [3.05, 3.63) is 11.6 Å². The van der Waals surface area contributed by atoms with Crippen LogP contribution in [-0.4, -0.2) is 182 Å². The van der Waals surface area contributed by atoms with Crippen LogP contribution in [0.3, 0.4) is 0 Å². The van der Waals surface area contributed by atoms with E-state index in [1.165, 1.54) is 12.5 Å². The van der Waals surface area contributed by atoms with Crippen molar-refractivity contribution in [2.45, 2.75) is 208 Å².